The molecule has 0 aromatic rings. The predicted octanol–water partition coefficient (Wildman–Crippen LogP) is 6.93. The van der Waals surface area contributed by atoms with Crippen LogP contribution in [-0.2, 0) is 14.3 Å². The zero-order chi connectivity index (χ0) is 23.4. The molecule has 3 saturated carbocycles. The van der Waals surface area contributed by atoms with Crippen LogP contribution in [-0.4, -0.2) is 18.5 Å². The maximum Gasteiger partial charge on any atom is 0.191 e. The minimum absolute atomic E-state index is 0.105. The molecular weight excluding hydrogens is 396 g/mol. The molecule has 0 radical (unpaired) electrons. The second kappa shape index (κ2) is 6.89. The molecule has 1 heterocycles. The molecule has 3 heteroatoms. The summed E-state index contributed by atoms with van der Waals surface area (Å²) in [6, 6.07) is 0. The first kappa shape index (κ1) is 22.5. The molecule has 1 aliphatic heterocycles. The van der Waals surface area contributed by atoms with E-state index in [0.717, 1.165) is 59.2 Å². The first-order valence-corrected chi connectivity index (χ1v) is 13.2. The summed E-state index contributed by atoms with van der Waals surface area (Å²) >= 11 is 0. The van der Waals surface area contributed by atoms with Crippen LogP contribution >= 0.6 is 0 Å². The highest BCUT2D eigenvalue weighted by Crippen LogP contribution is 2.82. The third kappa shape index (κ3) is 2.57. The minimum atomic E-state index is -0.401. The molecule has 0 aromatic carbocycles. The second-order valence-electron chi connectivity index (χ2n) is 13.1. The molecule has 0 saturated heterocycles. The van der Waals surface area contributed by atoms with Crippen LogP contribution in [0.1, 0.15) is 87.5 Å². The molecule has 32 heavy (non-hydrogen) atoms. The van der Waals surface area contributed by atoms with Gasteiger partial charge in [-0.3, -0.25) is 4.79 Å². The van der Waals surface area contributed by atoms with Crippen molar-refractivity contribution in [3.63, 3.8) is 0 Å². The van der Waals surface area contributed by atoms with Crippen molar-refractivity contribution in [1.29, 1.82) is 0 Å². The van der Waals surface area contributed by atoms with Crippen LogP contribution in [0.4, 0.5) is 0 Å². The first-order valence-electron chi connectivity index (χ1n) is 13.2. The molecule has 5 aliphatic rings. The van der Waals surface area contributed by atoms with Crippen molar-refractivity contribution in [3.8, 4) is 0 Å². The van der Waals surface area contributed by atoms with Gasteiger partial charge in [-0.1, -0.05) is 34.6 Å². The number of fused-ring (bicyclic) bond motifs is 2. The summed E-state index contributed by atoms with van der Waals surface area (Å²) in [6.07, 6.45) is 6.22. The van der Waals surface area contributed by atoms with Crippen LogP contribution in [0.2, 0.25) is 0 Å². The standard InChI is InChI=1S/C29H44O3/c1-15(2)19-11-10-17(5)29-13-12-28(24(29)22(19)29)14-20(16(3)4)21-23(30)18(6)25(31-9)27(7,8)26(21)32-28/h15-17,19-20,22,24H,10-14H2,1-9H3/t17-,19+,20-,22-,24+,28+,29-/m1/s1. The van der Waals surface area contributed by atoms with E-state index in [4.69, 9.17) is 9.47 Å². The molecule has 3 fully saturated rings. The molecule has 0 unspecified atom stereocenters. The van der Waals surface area contributed by atoms with Crippen LogP contribution in [0.25, 0.3) is 0 Å². The van der Waals surface area contributed by atoms with Gasteiger partial charge in [0.2, 0.25) is 0 Å². The lowest BCUT2D eigenvalue weighted by Crippen LogP contribution is -2.48. The van der Waals surface area contributed by atoms with Crippen molar-refractivity contribution in [2.24, 2.45) is 52.3 Å². The maximum absolute atomic E-state index is 13.6. The van der Waals surface area contributed by atoms with Crippen molar-refractivity contribution < 1.29 is 14.3 Å². The lowest BCUT2D eigenvalue weighted by atomic mass is 9.65. The Balaban J connectivity index is 1.61. The lowest BCUT2D eigenvalue weighted by molar-refractivity contribution is -0.120. The fraction of sp³-hybridized carbons (Fsp3) is 0.828. The van der Waals surface area contributed by atoms with Gasteiger partial charge in [-0.2, -0.15) is 0 Å². The predicted molar refractivity (Wildman–Crippen MR) is 128 cm³/mol. The third-order valence-corrected chi connectivity index (χ3v) is 10.7. The van der Waals surface area contributed by atoms with Gasteiger partial charge >= 0.3 is 0 Å². The smallest absolute Gasteiger partial charge is 0.191 e. The molecule has 4 aliphatic carbocycles. The number of Topliss-reactive ketones (excluding diaryl/α,β-unsaturated/α-hetero) is 1. The zero-order valence-electron chi connectivity index (χ0n) is 21.8. The van der Waals surface area contributed by atoms with E-state index in [1.54, 1.807) is 7.11 Å². The summed E-state index contributed by atoms with van der Waals surface area (Å²) in [7, 11) is 1.70. The molecule has 0 amide bonds. The van der Waals surface area contributed by atoms with Crippen LogP contribution in [0, 0.1) is 52.3 Å². The van der Waals surface area contributed by atoms with E-state index in [1.165, 1.54) is 19.3 Å². The fourth-order valence-corrected chi connectivity index (χ4v) is 9.25. The van der Waals surface area contributed by atoms with E-state index in [9.17, 15) is 4.79 Å². The molecule has 7 atom stereocenters. The van der Waals surface area contributed by atoms with Crippen LogP contribution in [0.5, 0.6) is 0 Å². The summed E-state index contributed by atoms with van der Waals surface area (Å²) in [4.78, 5) is 13.6. The largest absolute Gasteiger partial charge is 0.500 e. The number of hydrogen-bond acceptors (Lipinski definition) is 3. The van der Waals surface area contributed by atoms with Crippen molar-refractivity contribution in [3.05, 3.63) is 22.7 Å². The molecule has 178 valence electrons. The number of allylic oxidation sites excluding steroid dienone is 2. The van der Waals surface area contributed by atoms with Gasteiger partial charge in [-0.05, 0) is 93.8 Å². The van der Waals surface area contributed by atoms with Gasteiger partial charge in [-0.25, -0.2) is 0 Å². The Morgan fingerprint density at radius 3 is 2.34 bits per heavy atom. The maximum atomic E-state index is 13.6. The van der Waals surface area contributed by atoms with Crippen molar-refractivity contribution in [1.82, 2.24) is 0 Å². The summed E-state index contributed by atoms with van der Waals surface area (Å²) in [5.41, 5.74) is 1.68. The van der Waals surface area contributed by atoms with Gasteiger partial charge in [0, 0.05) is 17.1 Å². The number of ether oxygens (including phenoxy) is 2. The van der Waals surface area contributed by atoms with Crippen molar-refractivity contribution >= 4 is 5.78 Å². The topological polar surface area (TPSA) is 35.5 Å². The Morgan fingerprint density at radius 1 is 1.06 bits per heavy atom. The average Bonchev–Trinajstić information content (AvgIpc) is 3.33. The third-order valence-electron chi connectivity index (χ3n) is 10.7. The molecule has 0 aromatic heterocycles. The highest BCUT2D eigenvalue weighted by Gasteiger charge is 2.81. The fourth-order valence-electron chi connectivity index (χ4n) is 9.25. The number of hydrogen-bond donors (Lipinski definition) is 0. The number of ketones is 1. The van der Waals surface area contributed by atoms with Gasteiger partial charge in [0.05, 0.1) is 12.5 Å². The molecule has 2 spiro atoms. The Morgan fingerprint density at radius 2 is 1.75 bits per heavy atom. The second-order valence-corrected chi connectivity index (χ2v) is 13.1. The van der Waals surface area contributed by atoms with E-state index in [1.807, 2.05) is 6.92 Å². The molecule has 3 nitrogen and oxygen atoms in total. The Hall–Kier alpha value is -1.25. The molecule has 0 bridgehead atoms. The quantitative estimate of drug-likeness (QED) is 0.477. The number of rotatable bonds is 3. The highest BCUT2D eigenvalue weighted by atomic mass is 16.5. The average molecular weight is 441 g/mol. The minimum Gasteiger partial charge on any atom is -0.500 e. The van der Waals surface area contributed by atoms with Crippen molar-refractivity contribution in [2.75, 3.05) is 7.11 Å². The van der Waals surface area contributed by atoms with E-state index < -0.39 is 5.41 Å². The zero-order valence-corrected chi connectivity index (χ0v) is 21.8. The van der Waals surface area contributed by atoms with E-state index in [0.29, 0.717) is 17.3 Å². The molecule has 0 N–H and O–H groups in total. The highest BCUT2D eigenvalue weighted by molar-refractivity contribution is 6.10. The summed E-state index contributed by atoms with van der Waals surface area (Å²) < 4.78 is 13.1. The van der Waals surface area contributed by atoms with Gasteiger partial charge in [0.25, 0.3) is 0 Å². The van der Waals surface area contributed by atoms with E-state index in [-0.39, 0.29) is 17.3 Å². The summed E-state index contributed by atoms with van der Waals surface area (Å²) in [5, 5.41) is 0. The Bertz CT molecular complexity index is 905. The number of carbonyl (C=O) groups excluding carboxylic acids is 1. The number of methoxy groups -OCH3 is 1. The first-order chi connectivity index (χ1) is 14.9. The monoisotopic (exact) mass is 440 g/mol. The van der Waals surface area contributed by atoms with Gasteiger partial charge < -0.3 is 9.47 Å². The van der Waals surface area contributed by atoms with Gasteiger partial charge in [0.15, 0.2) is 5.78 Å². The lowest BCUT2D eigenvalue weighted by Gasteiger charge is -2.50. The van der Waals surface area contributed by atoms with Crippen LogP contribution in [0.3, 0.4) is 0 Å². The normalized spacial score (nSPS) is 44.6. The Kier molecular flexibility index (Phi) is 4.85. The SMILES string of the molecule is COC1=C(C)C(=O)C2=C(O[C@@]3(CC[C@]45[C@H]([C@H](C(C)C)CC[C@H]4C)[C@@H]35)C[C@@H]2C(C)C)C1(C)C. The van der Waals surface area contributed by atoms with Crippen LogP contribution in [0.15, 0.2) is 22.7 Å². The van der Waals surface area contributed by atoms with Gasteiger partial charge in [-0.15, -0.1) is 0 Å². The van der Waals surface area contributed by atoms with Crippen molar-refractivity contribution in [2.45, 2.75) is 93.1 Å². The Labute approximate surface area is 195 Å². The van der Waals surface area contributed by atoms with E-state index in [2.05, 4.69) is 48.5 Å². The summed E-state index contributed by atoms with van der Waals surface area (Å²) in [5.74, 6) is 6.37. The molecule has 5 rings (SSSR count). The summed E-state index contributed by atoms with van der Waals surface area (Å²) in [6.45, 7) is 18.3. The number of carbonyl (C=O) groups is 1. The van der Waals surface area contributed by atoms with Gasteiger partial charge in [0.1, 0.15) is 17.1 Å². The van der Waals surface area contributed by atoms with E-state index >= 15 is 0 Å². The molecular formula is C29H44O3. The van der Waals surface area contributed by atoms with Crippen LogP contribution < -0.4 is 0 Å².